The van der Waals surface area contributed by atoms with Gasteiger partial charge in [-0.15, -0.1) is 0 Å². The van der Waals surface area contributed by atoms with Crippen molar-refractivity contribution >= 4 is 5.91 Å². The number of likely N-dealkylation sites (tertiary alicyclic amines) is 1. The molecule has 0 spiro atoms. The fraction of sp³-hybridized carbons (Fsp3) is 0.455. The average molecular weight is 365 g/mol. The van der Waals surface area contributed by atoms with Crippen LogP contribution in [-0.4, -0.2) is 41.0 Å². The molecule has 2 aromatic rings. The highest BCUT2D eigenvalue weighted by atomic mass is 16.5. The van der Waals surface area contributed by atoms with Crippen LogP contribution in [0.15, 0.2) is 48.7 Å². The molecule has 5 nitrogen and oxygen atoms in total. The molecule has 2 aliphatic rings. The lowest BCUT2D eigenvalue weighted by Gasteiger charge is -2.41. The van der Waals surface area contributed by atoms with Gasteiger partial charge in [-0.3, -0.25) is 9.78 Å². The number of hydrogen-bond donors (Lipinski definition) is 1. The molecule has 1 saturated heterocycles. The van der Waals surface area contributed by atoms with Crippen molar-refractivity contribution in [3.8, 4) is 5.75 Å². The largest absolute Gasteiger partial charge is 0.490 e. The summed E-state index contributed by atoms with van der Waals surface area (Å²) in [6, 6.07) is 13.9. The van der Waals surface area contributed by atoms with Crippen molar-refractivity contribution in [3.63, 3.8) is 0 Å². The van der Waals surface area contributed by atoms with Gasteiger partial charge >= 0.3 is 0 Å². The average Bonchev–Trinajstić information content (AvgIpc) is 2.68. The lowest BCUT2D eigenvalue weighted by molar-refractivity contribution is 0.0493. The molecule has 0 bridgehead atoms. The van der Waals surface area contributed by atoms with Gasteiger partial charge in [0.2, 0.25) is 0 Å². The Morgan fingerprint density at radius 2 is 1.85 bits per heavy atom. The summed E-state index contributed by atoms with van der Waals surface area (Å²) < 4.78 is 6.13. The van der Waals surface area contributed by atoms with Crippen LogP contribution < -0.4 is 10.1 Å². The second-order valence-electron chi connectivity index (χ2n) is 7.47. The van der Waals surface area contributed by atoms with E-state index in [-0.39, 0.29) is 12.0 Å². The number of rotatable bonds is 6. The number of ether oxygens (including phenoxy) is 1. The van der Waals surface area contributed by atoms with E-state index in [1.807, 2.05) is 42.5 Å². The van der Waals surface area contributed by atoms with E-state index in [9.17, 15) is 4.79 Å². The minimum Gasteiger partial charge on any atom is -0.490 e. The van der Waals surface area contributed by atoms with Gasteiger partial charge in [-0.2, -0.15) is 0 Å². The molecule has 0 unspecified atom stereocenters. The van der Waals surface area contributed by atoms with Gasteiger partial charge in [0.25, 0.3) is 5.91 Å². The summed E-state index contributed by atoms with van der Waals surface area (Å²) in [7, 11) is 0. The first-order valence-electron chi connectivity index (χ1n) is 9.97. The quantitative estimate of drug-likeness (QED) is 0.852. The Kier molecular flexibility index (Phi) is 5.68. The van der Waals surface area contributed by atoms with E-state index in [1.165, 1.54) is 19.3 Å². The fourth-order valence-electron chi connectivity index (χ4n) is 3.76. The van der Waals surface area contributed by atoms with Crippen LogP contribution >= 0.6 is 0 Å². The second-order valence-corrected chi connectivity index (χ2v) is 7.47. The summed E-state index contributed by atoms with van der Waals surface area (Å²) in [5.74, 6) is 0.749. The molecule has 142 valence electrons. The molecule has 4 rings (SSSR count). The predicted molar refractivity (Wildman–Crippen MR) is 105 cm³/mol. The highest BCUT2D eigenvalue weighted by Gasteiger charge is 2.29. The van der Waals surface area contributed by atoms with E-state index >= 15 is 0 Å². The Morgan fingerprint density at radius 1 is 1.07 bits per heavy atom. The maximum atomic E-state index is 12.3. The molecule has 1 aromatic heterocycles. The maximum absolute atomic E-state index is 12.3. The standard InChI is InChI=1S/C22H27N3O2/c26-22(24-16-18-4-1-2-13-23-18)17-7-9-20(10-8-17)27-21-11-14-25(15-12-21)19-5-3-6-19/h1-2,4,7-10,13,19,21H,3,5-6,11-12,14-16H2,(H,24,26). The third-order valence-electron chi connectivity index (χ3n) is 5.64. The highest BCUT2D eigenvalue weighted by molar-refractivity contribution is 5.94. The molecule has 27 heavy (non-hydrogen) atoms. The zero-order valence-electron chi connectivity index (χ0n) is 15.6. The number of nitrogens with one attached hydrogen (secondary N) is 1. The summed E-state index contributed by atoms with van der Waals surface area (Å²) in [5, 5.41) is 2.89. The van der Waals surface area contributed by atoms with Gasteiger partial charge in [0.1, 0.15) is 11.9 Å². The van der Waals surface area contributed by atoms with E-state index in [2.05, 4.69) is 15.2 Å². The Bertz CT molecular complexity index is 736. The molecule has 1 aliphatic carbocycles. The smallest absolute Gasteiger partial charge is 0.251 e. The summed E-state index contributed by atoms with van der Waals surface area (Å²) in [6.07, 6.45) is 8.31. The van der Waals surface area contributed by atoms with E-state index in [1.54, 1.807) is 6.20 Å². The SMILES string of the molecule is O=C(NCc1ccccn1)c1ccc(OC2CCN(C3CCC3)CC2)cc1. The Hall–Kier alpha value is -2.40. The number of benzene rings is 1. The number of pyridine rings is 1. The van der Waals surface area contributed by atoms with E-state index in [0.29, 0.717) is 12.1 Å². The van der Waals surface area contributed by atoms with Crippen molar-refractivity contribution in [2.24, 2.45) is 0 Å². The van der Waals surface area contributed by atoms with Crippen LogP contribution in [0.2, 0.25) is 0 Å². The molecule has 2 heterocycles. The highest BCUT2D eigenvalue weighted by Crippen LogP contribution is 2.28. The van der Waals surface area contributed by atoms with E-state index < -0.39 is 0 Å². The molecule has 2 fully saturated rings. The molecule has 1 amide bonds. The number of amides is 1. The van der Waals surface area contributed by atoms with Crippen molar-refractivity contribution in [2.45, 2.75) is 50.8 Å². The second kappa shape index (κ2) is 8.53. The zero-order valence-corrected chi connectivity index (χ0v) is 15.6. The van der Waals surface area contributed by atoms with Crippen molar-refractivity contribution in [1.29, 1.82) is 0 Å². The number of carbonyl (C=O) groups is 1. The van der Waals surface area contributed by atoms with E-state index in [0.717, 1.165) is 43.4 Å². The minimum atomic E-state index is -0.0963. The van der Waals surface area contributed by atoms with Gasteiger partial charge in [-0.25, -0.2) is 0 Å². The number of hydrogen-bond acceptors (Lipinski definition) is 4. The van der Waals surface area contributed by atoms with Gasteiger partial charge in [0.15, 0.2) is 0 Å². The van der Waals surface area contributed by atoms with Crippen LogP contribution in [0.1, 0.15) is 48.2 Å². The summed E-state index contributed by atoms with van der Waals surface area (Å²) in [5.41, 5.74) is 1.48. The molecular weight excluding hydrogens is 338 g/mol. The van der Waals surface area contributed by atoms with Gasteiger partial charge in [0, 0.05) is 30.9 Å². The third kappa shape index (κ3) is 4.66. The first kappa shape index (κ1) is 18.0. The Labute approximate surface area is 160 Å². The normalized spacial score (nSPS) is 18.7. The van der Waals surface area contributed by atoms with Gasteiger partial charge in [-0.05, 0) is 62.1 Å². The fourth-order valence-corrected chi connectivity index (χ4v) is 3.76. The van der Waals surface area contributed by atoms with Crippen molar-refractivity contribution < 1.29 is 9.53 Å². The van der Waals surface area contributed by atoms with E-state index in [4.69, 9.17) is 4.74 Å². The third-order valence-corrected chi connectivity index (χ3v) is 5.64. The van der Waals surface area contributed by atoms with Crippen LogP contribution in [0.4, 0.5) is 0 Å². The molecule has 5 heteroatoms. The minimum absolute atomic E-state index is 0.0963. The molecule has 0 radical (unpaired) electrons. The number of aromatic nitrogens is 1. The molecule has 1 N–H and O–H groups in total. The Balaban J connectivity index is 1.24. The van der Waals surface area contributed by atoms with Gasteiger partial charge in [-0.1, -0.05) is 12.5 Å². The number of carbonyl (C=O) groups excluding carboxylic acids is 1. The lowest BCUT2D eigenvalue weighted by atomic mass is 9.90. The molecule has 0 atom stereocenters. The molecule has 1 aromatic carbocycles. The topological polar surface area (TPSA) is 54.5 Å². The van der Waals surface area contributed by atoms with Gasteiger partial charge in [0.05, 0.1) is 12.2 Å². The zero-order chi connectivity index (χ0) is 18.5. The number of nitrogens with zero attached hydrogens (tertiary/aromatic N) is 2. The van der Waals surface area contributed by atoms with Gasteiger partial charge < -0.3 is 15.0 Å². The van der Waals surface area contributed by atoms with Crippen molar-refractivity contribution in [1.82, 2.24) is 15.2 Å². The predicted octanol–water partition coefficient (Wildman–Crippen LogP) is 3.41. The summed E-state index contributed by atoms with van der Waals surface area (Å²) in [4.78, 5) is 19.1. The van der Waals surface area contributed by atoms with Crippen LogP contribution in [0.3, 0.4) is 0 Å². The maximum Gasteiger partial charge on any atom is 0.251 e. The molecule has 1 saturated carbocycles. The van der Waals surface area contributed by atoms with Crippen LogP contribution in [-0.2, 0) is 6.54 Å². The van der Waals surface area contributed by atoms with Crippen LogP contribution in [0.5, 0.6) is 5.75 Å². The molecule has 1 aliphatic heterocycles. The van der Waals surface area contributed by atoms with Crippen LogP contribution in [0, 0.1) is 0 Å². The first-order chi connectivity index (χ1) is 13.3. The summed E-state index contributed by atoms with van der Waals surface area (Å²) in [6.45, 7) is 2.71. The summed E-state index contributed by atoms with van der Waals surface area (Å²) >= 11 is 0. The van der Waals surface area contributed by atoms with Crippen molar-refractivity contribution in [2.75, 3.05) is 13.1 Å². The lowest BCUT2D eigenvalue weighted by Crippen LogP contribution is -2.46. The van der Waals surface area contributed by atoms with Crippen molar-refractivity contribution in [3.05, 3.63) is 59.9 Å². The van der Waals surface area contributed by atoms with Crippen LogP contribution in [0.25, 0.3) is 0 Å². The Morgan fingerprint density at radius 3 is 2.48 bits per heavy atom. The first-order valence-corrected chi connectivity index (χ1v) is 9.97. The monoisotopic (exact) mass is 365 g/mol. The number of piperidine rings is 1. The molecular formula is C22H27N3O2.